The summed E-state index contributed by atoms with van der Waals surface area (Å²) in [5, 5.41) is 3.37. The van der Waals surface area contributed by atoms with Crippen LogP contribution >= 0.6 is 0 Å². The zero-order valence-electron chi connectivity index (χ0n) is 10.4. The van der Waals surface area contributed by atoms with Crippen LogP contribution in [0, 0.1) is 5.92 Å². The first-order chi connectivity index (χ1) is 8.33. The Morgan fingerprint density at radius 2 is 2.41 bits per heavy atom. The van der Waals surface area contributed by atoms with Gasteiger partial charge in [-0.05, 0) is 43.1 Å². The summed E-state index contributed by atoms with van der Waals surface area (Å²) in [6, 6.07) is 6.49. The molecule has 92 valence electrons. The standard InChI is InChI=1S/C14H20N2O/c1-16-7-5-12-8-13(2-3-14(12)16)17-10-11-4-6-15-9-11/h2-3,8,11,15H,4-7,9-10H2,1H3. The smallest absolute Gasteiger partial charge is 0.119 e. The van der Waals surface area contributed by atoms with E-state index >= 15 is 0 Å². The minimum atomic E-state index is 0.686. The topological polar surface area (TPSA) is 24.5 Å². The van der Waals surface area contributed by atoms with E-state index in [2.05, 4.69) is 35.5 Å². The van der Waals surface area contributed by atoms with Crippen LogP contribution in [0.3, 0.4) is 0 Å². The second kappa shape index (κ2) is 4.57. The minimum absolute atomic E-state index is 0.686. The van der Waals surface area contributed by atoms with Gasteiger partial charge in [0.15, 0.2) is 0 Å². The summed E-state index contributed by atoms with van der Waals surface area (Å²) in [6.45, 7) is 4.23. The van der Waals surface area contributed by atoms with Crippen molar-refractivity contribution in [1.29, 1.82) is 0 Å². The van der Waals surface area contributed by atoms with Gasteiger partial charge in [0.1, 0.15) is 5.75 Å². The molecule has 17 heavy (non-hydrogen) atoms. The van der Waals surface area contributed by atoms with E-state index in [4.69, 9.17) is 4.74 Å². The maximum Gasteiger partial charge on any atom is 0.119 e. The van der Waals surface area contributed by atoms with Crippen molar-refractivity contribution in [1.82, 2.24) is 5.32 Å². The largest absolute Gasteiger partial charge is 0.493 e. The van der Waals surface area contributed by atoms with Crippen molar-refractivity contribution in [3.63, 3.8) is 0 Å². The molecule has 1 atom stereocenters. The van der Waals surface area contributed by atoms with Gasteiger partial charge in [-0.1, -0.05) is 0 Å². The molecular weight excluding hydrogens is 212 g/mol. The Hall–Kier alpha value is -1.22. The summed E-state index contributed by atoms with van der Waals surface area (Å²) in [7, 11) is 2.15. The van der Waals surface area contributed by atoms with E-state index in [1.807, 2.05) is 0 Å². The van der Waals surface area contributed by atoms with Gasteiger partial charge in [0.25, 0.3) is 0 Å². The molecule has 1 saturated heterocycles. The molecule has 3 rings (SSSR count). The molecule has 0 radical (unpaired) electrons. The average molecular weight is 232 g/mol. The second-order valence-electron chi connectivity index (χ2n) is 5.13. The maximum atomic E-state index is 5.89. The highest BCUT2D eigenvalue weighted by Gasteiger charge is 2.17. The number of fused-ring (bicyclic) bond motifs is 1. The fourth-order valence-electron chi connectivity index (χ4n) is 2.70. The SMILES string of the molecule is CN1CCc2cc(OCC3CCNC3)ccc21. The monoisotopic (exact) mass is 232 g/mol. The first-order valence-electron chi connectivity index (χ1n) is 6.50. The molecule has 0 spiro atoms. The van der Waals surface area contributed by atoms with Crippen LogP contribution in [0.15, 0.2) is 18.2 Å². The molecule has 2 heterocycles. The lowest BCUT2D eigenvalue weighted by molar-refractivity contribution is 0.260. The third-order valence-corrected chi connectivity index (χ3v) is 3.83. The molecule has 1 fully saturated rings. The number of nitrogens with one attached hydrogen (secondary N) is 1. The first-order valence-corrected chi connectivity index (χ1v) is 6.50. The Labute approximate surface area is 103 Å². The predicted octanol–water partition coefficient (Wildman–Crippen LogP) is 1.67. The van der Waals surface area contributed by atoms with Crippen molar-refractivity contribution in [3.05, 3.63) is 23.8 Å². The van der Waals surface area contributed by atoms with E-state index in [0.717, 1.165) is 38.4 Å². The van der Waals surface area contributed by atoms with Crippen LogP contribution in [0.4, 0.5) is 5.69 Å². The van der Waals surface area contributed by atoms with Gasteiger partial charge < -0.3 is 15.0 Å². The van der Waals surface area contributed by atoms with Crippen LogP contribution in [0.5, 0.6) is 5.75 Å². The molecule has 1 aromatic carbocycles. The molecule has 0 saturated carbocycles. The zero-order valence-corrected chi connectivity index (χ0v) is 10.4. The predicted molar refractivity (Wildman–Crippen MR) is 69.9 cm³/mol. The molecule has 0 aromatic heterocycles. The number of hydrogen-bond donors (Lipinski definition) is 1. The number of likely N-dealkylation sites (N-methyl/N-ethyl adjacent to an activating group) is 1. The lowest BCUT2D eigenvalue weighted by Crippen LogP contribution is -2.15. The van der Waals surface area contributed by atoms with Crippen molar-refractivity contribution >= 4 is 5.69 Å². The summed E-state index contributed by atoms with van der Waals surface area (Å²) in [4.78, 5) is 2.31. The molecular formula is C14H20N2O. The Balaban J connectivity index is 1.64. The van der Waals surface area contributed by atoms with Gasteiger partial charge in [0.05, 0.1) is 6.61 Å². The first kappa shape index (κ1) is 10.9. The van der Waals surface area contributed by atoms with Gasteiger partial charge in [-0.15, -0.1) is 0 Å². The third kappa shape index (κ3) is 2.25. The van der Waals surface area contributed by atoms with Crippen LogP contribution in [-0.2, 0) is 6.42 Å². The second-order valence-corrected chi connectivity index (χ2v) is 5.13. The fraction of sp³-hybridized carbons (Fsp3) is 0.571. The van der Waals surface area contributed by atoms with Crippen LogP contribution < -0.4 is 15.0 Å². The zero-order chi connectivity index (χ0) is 11.7. The van der Waals surface area contributed by atoms with Crippen LogP contribution in [0.25, 0.3) is 0 Å². The van der Waals surface area contributed by atoms with Gasteiger partial charge in [-0.2, -0.15) is 0 Å². The Morgan fingerprint density at radius 3 is 3.24 bits per heavy atom. The van der Waals surface area contributed by atoms with Gasteiger partial charge in [-0.3, -0.25) is 0 Å². The van der Waals surface area contributed by atoms with E-state index in [-0.39, 0.29) is 0 Å². The Bertz CT molecular complexity index is 399. The maximum absolute atomic E-state index is 5.89. The highest BCUT2D eigenvalue weighted by molar-refractivity contribution is 5.59. The number of hydrogen-bond acceptors (Lipinski definition) is 3. The lowest BCUT2D eigenvalue weighted by Gasteiger charge is -2.14. The molecule has 1 N–H and O–H groups in total. The lowest BCUT2D eigenvalue weighted by atomic mass is 10.1. The molecule has 0 bridgehead atoms. The Morgan fingerprint density at radius 1 is 1.47 bits per heavy atom. The number of nitrogens with zero attached hydrogens (tertiary/aromatic N) is 1. The van der Waals surface area contributed by atoms with Crippen LogP contribution in [0.2, 0.25) is 0 Å². The highest BCUT2D eigenvalue weighted by Crippen LogP contribution is 2.30. The third-order valence-electron chi connectivity index (χ3n) is 3.83. The fourth-order valence-corrected chi connectivity index (χ4v) is 2.70. The average Bonchev–Trinajstić information content (AvgIpc) is 2.97. The molecule has 0 amide bonds. The van der Waals surface area contributed by atoms with E-state index in [9.17, 15) is 0 Å². The molecule has 2 aliphatic heterocycles. The van der Waals surface area contributed by atoms with Crippen molar-refractivity contribution in [2.24, 2.45) is 5.92 Å². The summed E-state index contributed by atoms with van der Waals surface area (Å²) >= 11 is 0. The van der Waals surface area contributed by atoms with Crippen molar-refractivity contribution in [2.45, 2.75) is 12.8 Å². The summed E-state index contributed by atoms with van der Waals surface area (Å²) < 4.78 is 5.89. The van der Waals surface area contributed by atoms with E-state index in [1.165, 1.54) is 17.7 Å². The number of rotatable bonds is 3. The van der Waals surface area contributed by atoms with Gasteiger partial charge in [0, 0.05) is 31.7 Å². The summed E-state index contributed by atoms with van der Waals surface area (Å²) in [5.41, 5.74) is 2.79. The molecule has 2 aliphatic rings. The van der Waals surface area contributed by atoms with Gasteiger partial charge >= 0.3 is 0 Å². The van der Waals surface area contributed by atoms with Crippen molar-refractivity contribution in [3.8, 4) is 5.75 Å². The quantitative estimate of drug-likeness (QED) is 0.858. The number of anilines is 1. The summed E-state index contributed by atoms with van der Waals surface area (Å²) in [5.74, 6) is 1.72. The molecule has 1 unspecified atom stereocenters. The molecule has 3 nitrogen and oxygen atoms in total. The minimum Gasteiger partial charge on any atom is -0.493 e. The molecule has 3 heteroatoms. The van der Waals surface area contributed by atoms with Gasteiger partial charge in [-0.25, -0.2) is 0 Å². The van der Waals surface area contributed by atoms with Gasteiger partial charge in [0.2, 0.25) is 0 Å². The van der Waals surface area contributed by atoms with Crippen molar-refractivity contribution < 1.29 is 4.74 Å². The van der Waals surface area contributed by atoms with E-state index in [1.54, 1.807) is 0 Å². The number of benzene rings is 1. The number of ether oxygens (including phenoxy) is 1. The highest BCUT2D eigenvalue weighted by atomic mass is 16.5. The summed E-state index contributed by atoms with van der Waals surface area (Å²) in [6.07, 6.45) is 2.39. The normalized spacial score (nSPS) is 22.9. The van der Waals surface area contributed by atoms with Crippen molar-refractivity contribution in [2.75, 3.05) is 38.2 Å². The molecule has 1 aromatic rings. The van der Waals surface area contributed by atoms with Crippen LogP contribution in [0.1, 0.15) is 12.0 Å². The molecule has 0 aliphatic carbocycles. The Kier molecular flexibility index (Phi) is 2.93. The van der Waals surface area contributed by atoms with E-state index in [0.29, 0.717) is 5.92 Å². The van der Waals surface area contributed by atoms with E-state index < -0.39 is 0 Å². The van der Waals surface area contributed by atoms with Crippen LogP contribution in [-0.4, -0.2) is 33.3 Å².